The van der Waals surface area contributed by atoms with Gasteiger partial charge in [-0.1, -0.05) is 17.7 Å². The number of ether oxygens (including phenoxy) is 1. The summed E-state index contributed by atoms with van der Waals surface area (Å²) >= 11 is 0. The highest BCUT2D eigenvalue weighted by atomic mass is 16.5. The maximum Gasteiger partial charge on any atom is 0.185 e. The fourth-order valence-electron chi connectivity index (χ4n) is 1.95. The van der Waals surface area contributed by atoms with Gasteiger partial charge in [0, 0.05) is 5.57 Å². The van der Waals surface area contributed by atoms with Gasteiger partial charge in [-0.15, -0.1) is 0 Å². The molecule has 17 heavy (non-hydrogen) atoms. The summed E-state index contributed by atoms with van der Waals surface area (Å²) in [6.45, 7) is 3.91. The van der Waals surface area contributed by atoms with Crippen molar-refractivity contribution in [1.29, 1.82) is 0 Å². The molecule has 0 atom stereocenters. The molecule has 0 bridgehead atoms. The van der Waals surface area contributed by atoms with Crippen molar-refractivity contribution in [3.8, 4) is 5.75 Å². The summed E-state index contributed by atoms with van der Waals surface area (Å²) in [5.74, 6) is 1.01. The number of carbonyl (C=O) groups excluding carboxylic acids is 1. The minimum Gasteiger partial charge on any atom is -0.497 e. The Bertz CT molecular complexity index is 504. The van der Waals surface area contributed by atoms with E-state index in [1.54, 1.807) is 7.11 Å². The van der Waals surface area contributed by atoms with Crippen LogP contribution in [-0.4, -0.2) is 12.9 Å². The number of hydrogen-bond acceptors (Lipinski definition) is 2. The van der Waals surface area contributed by atoms with Crippen LogP contribution in [0.15, 0.2) is 41.0 Å². The Kier molecular flexibility index (Phi) is 3.14. The van der Waals surface area contributed by atoms with Crippen molar-refractivity contribution in [2.24, 2.45) is 0 Å². The molecule has 0 radical (unpaired) electrons. The molecule has 2 nitrogen and oxygen atoms in total. The van der Waals surface area contributed by atoms with E-state index in [1.165, 1.54) is 5.57 Å². The number of Topliss-reactive ketones (excluding diaryl/α,β-unsaturated/α-hetero) is 1. The van der Waals surface area contributed by atoms with Crippen molar-refractivity contribution in [3.05, 3.63) is 46.5 Å². The molecule has 1 aromatic carbocycles. The lowest BCUT2D eigenvalue weighted by Crippen LogP contribution is -1.95. The molecular weight excluding hydrogens is 212 g/mol. The van der Waals surface area contributed by atoms with Crippen LogP contribution in [0.5, 0.6) is 5.75 Å². The Balaban J connectivity index is 2.24. The lowest BCUT2D eigenvalue weighted by atomic mass is 10.1. The highest BCUT2D eigenvalue weighted by Gasteiger charge is 2.21. The predicted octanol–water partition coefficient (Wildman–Crippen LogP) is 3.39. The van der Waals surface area contributed by atoms with Crippen molar-refractivity contribution in [2.45, 2.75) is 20.3 Å². The molecular formula is C15H16O2. The third-order valence-corrected chi connectivity index (χ3v) is 3.18. The molecule has 0 saturated carbocycles. The molecule has 0 aromatic heterocycles. The van der Waals surface area contributed by atoms with Crippen LogP contribution in [0.1, 0.15) is 25.8 Å². The fourth-order valence-corrected chi connectivity index (χ4v) is 1.95. The first-order valence-corrected chi connectivity index (χ1v) is 5.67. The third-order valence-electron chi connectivity index (χ3n) is 3.18. The van der Waals surface area contributed by atoms with Gasteiger partial charge in [0.15, 0.2) is 5.78 Å². The lowest BCUT2D eigenvalue weighted by Gasteiger charge is -2.01. The van der Waals surface area contributed by atoms with Crippen LogP contribution in [0.2, 0.25) is 0 Å². The Labute approximate surface area is 102 Å². The average molecular weight is 228 g/mol. The summed E-state index contributed by atoms with van der Waals surface area (Å²) in [7, 11) is 1.64. The Morgan fingerprint density at radius 2 is 1.82 bits per heavy atom. The smallest absolute Gasteiger partial charge is 0.185 e. The molecule has 0 fully saturated rings. The number of carbonyl (C=O) groups is 1. The molecule has 0 heterocycles. The summed E-state index contributed by atoms with van der Waals surface area (Å²) in [4.78, 5) is 11.9. The second kappa shape index (κ2) is 4.58. The zero-order chi connectivity index (χ0) is 12.4. The molecule has 1 aliphatic carbocycles. The van der Waals surface area contributed by atoms with Gasteiger partial charge in [0.05, 0.1) is 7.11 Å². The minimum absolute atomic E-state index is 0.179. The molecule has 1 aliphatic rings. The Morgan fingerprint density at radius 1 is 1.18 bits per heavy atom. The first kappa shape index (κ1) is 11.6. The summed E-state index contributed by atoms with van der Waals surface area (Å²) in [5.41, 5.74) is 3.99. The molecule has 1 aromatic rings. The second-order valence-corrected chi connectivity index (χ2v) is 4.35. The van der Waals surface area contributed by atoms with Gasteiger partial charge in [-0.3, -0.25) is 4.79 Å². The zero-order valence-electron chi connectivity index (χ0n) is 10.4. The predicted molar refractivity (Wildman–Crippen MR) is 69.0 cm³/mol. The van der Waals surface area contributed by atoms with Gasteiger partial charge in [-0.05, 0) is 49.6 Å². The van der Waals surface area contributed by atoms with Gasteiger partial charge >= 0.3 is 0 Å². The van der Waals surface area contributed by atoms with Crippen molar-refractivity contribution in [1.82, 2.24) is 0 Å². The van der Waals surface area contributed by atoms with Crippen LogP contribution in [0.3, 0.4) is 0 Å². The number of ketones is 1. The first-order chi connectivity index (χ1) is 8.11. The fraction of sp³-hybridized carbons (Fsp3) is 0.267. The van der Waals surface area contributed by atoms with Crippen LogP contribution >= 0.6 is 0 Å². The van der Waals surface area contributed by atoms with Crippen LogP contribution < -0.4 is 4.74 Å². The van der Waals surface area contributed by atoms with Gasteiger partial charge in [0.1, 0.15) is 5.75 Å². The summed E-state index contributed by atoms with van der Waals surface area (Å²) in [6, 6.07) is 7.72. The standard InChI is InChI=1S/C15H16O2/c1-10-8-13(15(16)11(10)2)9-12-4-6-14(17-3)7-5-12/h4-7,9H,8H2,1-3H3/b13-9-. The van der Waals surface area contributed by atoms with Crippen molar-refractivity contribution in [3.63, 3.8) is 0 Å². The third kappa shape index (κ3) is 2.31. The van der Waals surface area contributed by atoms with E-state index in [9.17, 15) is 4.79 Å². The number of benzene rings is 1. The van der Waals surface area contributed by atoms with Crippen LogP contribution in [0.4, 0.5) is 0 Å². The van der Waals surface area contributed by atoms with Gasteiger partial charge < -0.3 is 4.74 Å². The van der Waals surface area contributed by atoms with E-state index >= 15 is 0 Å². The summed E-state index contributed by atoms with van der Waals surface area (Å²) in [6.07, 6.45) is 2.73. The molecule has 0 saturated heterocycles. The van der Waals surface area contributed by atoms with Gasteiger partial charge in [-0.2, -0.15) is 0 Å². The average Bonchev–Trinajstić information content (AvgIpc) is 2.58. The van der Waals surface area contributed by atoms with Gasteiger partial charge in [0.25, 0.3) is 0 Å². The minimum atomic E-state index is 0.179. The van der Waals surface area contributed by atoms with E-state index in [0.717, 1.165) is 28.9 Å². The Hall–Kier alpha value is -1.83. The number of allylic oxidation sites excluding steroid dienone is 3. The van der Waals surface area contributed by atoms with Crippen molar-refractivity contribution >= 4 is 11.9 Å². The molecule has 2 heteroatoms. The Morgan fingerprint density at radius 3 is 2.29 bits per heavy atom. The largest absolute Gasteiger partial charge is 0.497 e. The zero-order valence-corrected chi connectivity index (χ0v) is 10.4. The highest BCUT2D eigenvalue weighted by molar-refractivity contribution is 6.13. The normalized spacial score (nSPS) is 18.1. The second-order valence-electron chi connectivity index (χ2n) is 4.35. The number of hydrogen-bond donors (Lipinski definition) is 0. The van der Waals surface area contributed by atoms with E-state index in [2.05, 4.69) is 0 Å². The van der Waals surface area contributed by atoms with Crippen molar-refractivity contribution < 1.29 is 9.53 Å². The SMILES string of the molecule is COc1ccc(/C=C2/CC(C)=C(C)C2=O)cc1. The van der Waals surface area contributed by atoms with Crippen LogP contribution in [0, 0.1) is 0 Å². The molecule has 2 rings (SSSR count). The molecule has 0 N–H and O–H groups in total. The van der Waals surface area contributed by atoms with E-state index < -0.39 is 0 Å². The summed E-state index contributed by atoms with van der Waals surface area (Å²) in [5, 5.41) is 0. The van der Waals surface area contributed by atoms with Gasteiger partial charge in [-0.25, -0.2) is 0 Å². The van der Waals surface area contributed by atoms with E-state index in [-0.39, 0.29) is 5.78 Å². The molecule has 0 aliphatic heterocycles. The molecule has 0 amide bonds. The monoisotopic (exact) mass is 228 g/mol. The van der Waals surface area contributed by atoms with Crippen LogP contribution in [0.25, 0.3) is 6.08 Å². The molecule has 0 spiro atoms. The highest BCUT2D eigenvalue weighted by Crippen LogP contribution is 2.28. The first-order valence-electron chi connectivity index (χ1n) is 5.67. The van der Waals surface area contributed by atoms with Crippen LogP contribution in [-0.2, 0) is 4.79 Å². The van der Waals surface area contributed by atoms with E-state index in [0.29, 0.717) is 0 Å². The topological polar surface area (TPSA) is 26.3 Å². The van der Waals surface area contributed by atoms with Crippen molar-refractivity contribution in [2.75, 3.05) is 7.11 Å². The molecule has 88 valence electrons. The van der Waals surface area contributed by atoms with E-state index in [1.807, 2.05) is 44.2 Å². The van der Waals surface area contributed by atoms with Gasteiger partial charge in [0.2, 0.25) is 0 Å². The summed E-state index contributed by atoms with van der Waals surface area (Å²) < 4.78 is 5.10. The molecule has 0 unspecified atom stereocenters. The van der Waals surface area contributed by atoms with E-state index in [4.69, 9.17) is 4.74 Å². The quantitative estimate of drug-likeness (QED) is 0.725. The lowest BCUT2D eigenvalue weighted by molar-refractivity contribution is -0.111. The number of rotatable bonds is 2. The maximum absolute atomic E-state index is 11.9. The number of methoxy groups -OCH3 is 1. The maximum atomic E-state index is 11.9.